The van der Waals surface area contributed by atoms with Crippen LogP contribution < -0.4 is 10.5 Å². The molecule has 0 aliphatic heterocycles. The van der Waals surface area contributed by atoms with Crippen molar-refractivity contribution in [1.29, 1.82) is 0 Å². The summed E-state index contributed by atoms with van der Waals surface area (Å²) in [4.78, 5) is 0. The summed E-state index contributed by atoms with van der Waals surface area (Å²) in [5.74, 6) is 0.801. The Kier molecular flexibility index (Phi) is 3.69. The summed E-state index contributed by atoms with van der Waals surface area (Å²) >= 11 is 3.44. The van der Waals surface area contributed by atoms with Crippen LogP contribution in [0.5, 0.6) is 5.75 Å². The predicted octanol–water partition coefficient (Wildman–Crippen LogP) is 4.17. The van der Waals surface area contributed by atoms with E-state index >= 15 is 0 Å². The minimum atomic E-state index is 0.0103. The molecule has 2 N–H and O–H groups in total. The first kappa shape index (κ1) is 12.0. The van der Waals surface area contributed by atoms with Crippen molar-refractivity contribution in [3.8, 4) is 5.75 Å². The number of nitrogen functional groups attached to an aromatic ring is 1. The van der Waals surface area contributed by atoms with Crippen LogP contribution in [-0.4, -0.2) is 0 Å². The molecule has 0 aliphatic rings. The van der Waals surface area contributed by atoms with E-state index in [0.717, 1.165) is 21.5 Å². The van der Waals surface area contributed by atoms with Gasteiger partial charge in [-0.1, -0.05) is 30.3 Å². The Morgan fingerprint density at radius 2 is 1.82 bits per heavy atom. The van der Waals surface area contributed by atoms with E-state index in [9.17, 15) is 0 Å². The van der Waals surface area contributed by atoms with Gasteiger partial charge in [0.2, 0.25) is 0 Å². The lowest BCUT2D eigenvalue weighted by atomic mass is 10.1. The Balaban J connectivity index is 2.16. The molecule has 1 atom stereocenters. The van der Waals surface area contributed by atoms with Gasteiger partial charge >= 0.3 is 0 Å². The molecular weight excluding hydrogens is 278 g/mol. The molecule has 0 amide bonds. The van der Waals surface area contributed by atoms with Crippen molar-refractivity contribution in [1.82, 2.24) is 0 Å². The molecule has 0 fully saturated rings. The number of hydrogen-bond acceptors (Lipinski definition) is 2. The maximum absolute atomic E-state index is 5.88. The summed E-state index contributed by atoms with van der Waals surface area (Å²) in [5.41, 5.74) is 7.55. The molecule has 88 valence electrons. The smallest absolute Gasteiger partial charge is 0.134 e. The molecule has 0 radical (unpaired) electrons. The van der Waals surface area contributed by atoms with E-state index in [2.05, 4.69) is 28.1 Å². The maximum atomic E-state index is 5.88. The van der Waals surface area contributed by atoms with E-state index < -0.39 is 0 Å². The zero-order chi connectivity index (χ0) is 12.3. The third-order valence-electron chi connectivity index (χ3n) is 2.53. The lowest BCUT2D eigenvalue weighted by molar-refractivity contribution is 0.225. The molecule has 0 aliphatic carbocycles. The van der Waals surface area contributed by atoms with Gasteiger partial charge in [-0.25, -0.2) is 0 Å². The van der Waals surface area contributed by atoms with E-state index in [1.807, 2.05) is 43.3 Å². The highest BCUT2D eigenvalue weighted by Crippen LogP contribution is 2.30. The fourth-order valence-corrected chi connectivity index (χ4v) is 2.09. The number of benzene rings is 2. The van der Waals surface area contributed by atoms with E-state index in [1.165, 1.54) is 0 Å². The zero-order valence-corrected chi connectivity index (χ0v) is 11.1. The number of nitrogens with two attached hydrogens (primary N) is 1. The Morgan fingerprint density at radius 3 is 2.47 bits per heavy atom. The van der Waals surface area contributed by atoms with Gasteiger partial charge in [-0.15, -0.1) is 0 Å². The first-order valence-corrected chi connectivity index (χ1v) is 6.23. The van der Waals surface area contributed by atoms with E-state index in [0.29, 0.717) is 0 Å². The van der Waals surface area contributed by atoms with Crippen LogP contribution in [0.3, 0.4) is 0 Å². The molecule has 0 aromatic heterocycles. The normalized spacial score (nSPS) is 12.1. The van der Waals surface area contributed by atoms with Crippen LogP contribution in [0.25, 0.3) is 0 Å². The van der Waals surface area contributed by atoms with Crippen molar-refractivity contribution >= 4 is 21.6 Å². The molecule has 0 saturated carbocycles. The van der Waals surface area contributed by atoms with Gasteiger partial charge in [0.1, 0.15) is 11.9 Å². The fourth-order valence-electron chi connectivity index (χ4n) is 1.60. The molecule has 17 heavy (non-hydrogen) atoms. The molecule has 1 unspecified atom stereocenters. The van der Waals surface area contributed by atoms with Crippen LogP contribution in [0, 0.1) is 0 Å². The first-order valence-electron chi connectivity index (χ1n) is 5.43. The highest BCUT2D eigenvalue weighted by Gasteiger charge is 2.09. The van der Waals surface area contributed by atoms with Gasteiger partial charge in [-0.3, -0.25) is 0 Å². The zero-order valence-electron chi connectivity index (χ0n) is 9.56. The largest absolute Gasteiger partial charge is 0.485 e. The molecule has 0 heterocycles. The SMILES string of the molecule is CC(Oc1ccc(N)cc1Br)c1ccccc1. The second-order valence-electron chi connectivity index (χ2n) is 3.86. The number of hydrogen-bond donors (Lipinski definition) is 1. The van der Waals surface area contributed by atoms with Crippen LogP contribution in [0.2, 0.25) is 0 Å². The minimum absolute atomic E-state index is 0.0103. The standard InChI is InChI=1S/C14H14BrNO/c1-10(11-5-3-2-4-6-11)17-14-8-7-12(16)9-13(14)15/h2-10H,16H2,1H3. The third kappa shape index (κ3) is 3.01. The third-order valence-corrected chi connectivity index (χ3v) is 3.15. The van der Waals surface area contributed by atoms with Crippen molar-refractivity contribution in [3.05, 3.63) is 58.6 Å². The molecule has 0 spiro atoms. The lowest BCUT2D eigenvalue weighted by Gasteiger charge is -2.16. The molecule has 2 rings (SSSR count). The number of anilines is 1. The van der Waals surface area contributed by atoms with Crippen LogP contribution in [0.15, 0.2) is 53.0 Å². The Morgan fingerprint density at radius 1 is 1.12 bits per heavy atom. The summed E-state index contributed by atoms with van der Waals surface area (Å²) in [6.45, 7) is 2.03. The van der Waals surface area contributed by atoms with Crippen molar-refractivity contribution in [2.75, 3.05) is 5.73 Å². The van der Waals surface area contributed by atoms with Gasteiger partial charge in [-0.05, 0) is 46.6 Å². The van der Waals surface area contributed by atoms with E-state index in [1.54, 1.807) is 0 Å². The van der Waals surface area contributed by atoms with Crippen molar-refractivity contribution in [3.63, 3.8) is 0 Å². The van der Waals surface area contributed by atoms with Gasteiger partial charge in [0, 0.05) is 5.69 Å². The van der Waals surface area contributed by atoms with Crippen molar-refractivity contribution in [2.45, 2.75) is 13.0 Å². The van der Waals surface area contributed by atoms with E-state index in [4.69, 9.17) is 10.5 Å². The molecule has 2 aromatic carbocycles. The van der Waals surface area contributed by atoms with Crippen LogP contribution in [0.4, 0.5) is 5.69 Å². The monoisotopic (exact) mass is 291 g/mol. The highest BCUT2D eigenvalue weighted by molar-refractivity contribution is 9.10. The molecule has 0 bridgehead atoms. The van der Waals surface area contributed by atoms with Gasteiger partial charge < -0.3 is 10.5 Å². The summed E-state index contributed by atoms with van der Waals surface area (Å²) in [6, 6.07) is 15.7. The number of halogens is 1. The summed E-state index contributed by atoms with van der Waals surface area (Å²) in [6.07, 6.45) is 0.0103. The first-order chi connectivity index (χ1) is 8.16. The topological polar surface area (TPSA) is 35.2 Å². The van der Waals surface area contributed by atoms with Crippen molar-refractivity contribution < 1.29 is 4.74 Å². The Labute approximate surface area is 110 Å². The second-order valence-corrected chi connectivity index (χ2v) is 4.71. The van der Waals surface area contributed by atoms with Gasteiger partial charge in [-0.2, -0.15) is 0 Å². The number of rotatable bonds is 3. The Bertz CT molecular complexity index is 499. The highest BCUT2D eigenvalue weighted by atomic mass is 79.9. The number of ether oxygens (including phenoxy) is 1. The predicted molar refractivity (Wildman–Crippen MR) is 74.0 cm³/mol. The summed E-state index contributed by atoms with van der Waals surface area (Å²) < 4.78 is 6.76. The van der Waals surface area contributed by atoms with E-state index in [-0.39, 0.29) is 6.10 Å². The second kappa shape index (κ2) is 5.23. The maximum Gasteiger partial charge on any atom is 0.134 e. The molecule has 2 aromatic rings. The molecule has 0 saturated heterocycles. The van der Waals surface area contributed by atoms with Crippen molar-refractivity contribution in [2.24, 2.45) is 0 Å². The van der Waals surface area contributed by atoms with Crippen LogP contribution in [-0.2, 0) is 0 Å². The average molecular weight is 292 g/mol. The lowest BCUT2D eigenvalue weighted by Crippen LogP contribution is -2.03. The molecular formula is C14H14BrNO. The molecule has 2 nitrogen and oxygen atoms in total. The Hall–Kier alpha value is -1.48. The summed E-state index contributed by atoms with van der Waals surface area (Å²) in [5, 5.41) is 0. The van der Waals surface area contributed by atoms with Crippen LogP contribution >= 0.6 is 15.9 Å². The van der Waals surface area contributed by atoms with Gasteiger partial charge in [0.15, 0.2) is 0 Å². The van der Waals surface area contributed by atoms with Crippen LogP contribution in [0.1, 0.15) is 18.6 Å². The quantitative estimate of drug-likeness (QED) is 0.862. The summed E-state index contributed by atoms with van der Waals surface area (Å²) in [7, 11) is 0. The minimum Gasteiger partial charge on any atom is -0.485 e. The molecule has 3 heteroatoms. The van der Waals surface area contributed by atoms with Gasteiger partial charge in [0.05, 0.1) is 4.47 Å². The average Bonchev–Trinajstić information content (AvgIpc) is 2.34. The van der Waals surface area contributed by atoms with Gasteiger partial charge in [0.25, 0.3) is 0 Å². The fraction of sp³-hybridized carbons (Fsp3) is 0.143.